The molecule has 0 spiro atoms. The molecule has 0 aliphatic carbocycles. The van der Waals surface area contributed by atoms with E-state index in [2.05, 4.69) is 0 Å². The van der Waals surface area contributed by atoms with Crippen molar-refractivity contribution in [1.29, 1.82) is 0 Å². The summed E-state index contributed by atoms with van der Waals surface area (Å²) in [6, 6.07) is -0.359. The highest BCUT2D eigenvalue weighted by molar-refractivity contribution is 5.78. The highest BCUT2D eigenvalue weighted by atomic mass is 16.5. The highest BCUT2D eigenvalue weighted by Gasteiger charge is 2.38. The van der Waals surface area contributed by atoms with E-state index in [-0.39, 0.29) is 18.6 Å². The van der Waals surface area contributed by atoms with E-state index in [1.807, 2.05) is 0 Å². The van der Waals surface area contributed by atoms with Gasteiger partial charge in [-0.1, -0.05) is 0 Å². The molecule has 1 saturated heterocycles. The van der Waals surface area contributed by atoms with Gasteiger partial charge < -0.3 is 19.5 Å². The van der Waals surface area contributed by atoms with Gasteiger partial charge in [-0.05, 0) is 6.42 Å². The van der Waals surface area contributed by atoms with Crippen LogP contribution in [-0.2, 0) is 19.1 Å². The molecule has 1 aliphatic heterocycles. The summed E-state index contributed by atoms with van der Waals surface area (Å²) in [5.74, 6) is -1.60. The minimum Gasteiger partial charge on any atom is -0.481 e. The van der Waals surface area contributed by atoms with Crippen LogP contribution in [0.15, 0.2) is 0 Å². The van der Waals surface area contributed by atoms with Gasteiger partial charge in [-0.3, -0.25) is 9.59 Å². The first-order chi connectivity index (χ1) is 8.07. The fourth-order valence-electron chi connectivity index (χ4n) is 1.89. The van der Waals surface area contributed by atoms with Crippen LogP contribution in [-0.4, -0.2) is 61.9 Å². The van der Waals surface area contributed by atoms with Crippen molar-refractivity contribution in [1.82, 2.24) is 4.90 Å². The average molecular weight is 245 g/mol. The maximum absolute atomic E-state index is 11.8. The van der Waals surface area contributed by atoms with Crippen molar-refractivity contribution in [2.75, 3.05) is 34.0 Å². The summed E-state index contributed by atoms with van der Waals surface area (Å²) in [6.07, 6.45) is 1.01. The number of carboxylic acids is 1. The zero-order chi connectivity index (χ0) is 12.8. The Morgan fingerprint density at radius 2 is 2.18 bits per heavy atom. The predicted molar refractivity (Wildman–Crippen MR) is 59.6 cm³/mol. The third-order valence-corrected chi connectivity index (χ3v) is 3.00. The maximum atomic E-state index is 11.8. The normalized spacial score (nSPS) is 23.6. The number of ether oxygens (including phenoxy) is 2. The molecule has 0 radical (unpaired) electrons. The fourth-order valence-corrected chi connectivity index (χ4v) is 1.89. The molecule has 1 aliphatic rings. The summed E-state index contributed by atoms with van der Waals surface area (Å²) < 4.78 is 10.00. The largest absolute Gasteiger partial charge is 0.481 e. The number of methoxy groups -OCH3 is 1. The first-order valence-electron chi connectivity index (χ1n) is 5.63. The Balaban J connectivity index is 2.47. The first kappa shape index (κ1) is 13.9. The summed E-state index contributed by atoms with van der Waals surface area (Å²) in [5, 5.41) is 8.99. The van der Waals surface area contributed by atoms with Crippen molar-refractivity contribution in [3.8, 4) is 0 Å². The molecule has 0 saturated carbocycles. The van der Waals surface area contributed by atoms with Crippen molar-refractivity contribution in [3.63, 3.8) is 0 Å². The van der Waals surface area contributed by atoms with Gasteiger partial charge in [-0.2, -0.15) is 0 Å². The molecule has 17 heavy (non-hydrogen) atoms. The fraction of sp³-hybridized carbons (Fsp3) is 0.818. The lowest BCUT2D eigenvalue weighted by molar-refractivity contribution is -0.144. The quantitative estimate of drug-likeness (QED) is 0.665. The third-order valence-electron chi connectivity index (χ3n) is 3.00. The number of likely N-dealkylation sites (N-methyl/N-ethyl adjacent to an activating group) is 1. The summed E-state index contributed by atoms with van der Waals surface area (Å²) in [7, 11) is 3.21. The van der Waals surface area contributed by atoms with Crippen molar-refractivity contribution in [2.24, 2.45) is 5.92 Å². The van der Waals surface area contributed by atoms with Crippen LogP contribution in [0.2, 0.25) is 0 Å². The van der Waals surface area contributed by atoms with Crippen LogP contribution < -0.4 is 0 Å². The van der Waals surface area contributed by atoms with Gasteiger partial charge in [0.15, 0.2) is 0 Å². The second kappa shape index (κ2) is 6.56. The Hall–Kier alpha value is -1.14. The van der Waals surface area contributed by atoms with E-state index in [0.717, 1.165) is 0 Å². The minimum absolute atomic E-state index is 0.0659. The number of aliphatic carboxylic acids is 1. The van der Waals surface area contributed by atoms with Gasteiger partial charge in [0, 0.05) is 27.2 Å². The molecule has 1 rings (SSSR count). The zero-order valence-corrected chi connectivity index (χ0v) is 10.2. The number of carbonyl (C=O) groups is 2. The molecule has 0 aromatic rings. The minimum atomic E-state index is -0.913. The molecule has 0 aromatic carbocycles. The SMILES string of the molecule is COCCCC(=O)N(C)C1COCC1C(=O)O. The molecule has 1 amide bonds. The van der Waals surface area contributed by atoms with Crippen molar-refractivity contribution in [2.45, 2.75) is 18.9 Å². The Labute approximate surface area is 100 Å². The lowest BCUT2D eigenvalue weighted by Gasteiger charge is -2.26. The molecule has 0 bridgehead atoms. The van der Waals surface area contributed by atoms with Gasteiger partial charge in [0.1, 0.15) is 5.92 Å². The van der Waals surface area contributed by atoms with Crippen LogP contribution in [0, 0.1) is 5.92 Å². The Bertz CT molecular complexity index is 281. The van der Waals surface area contributed by atoms with Gasteiger partial charge in [-0.15, -0.1) is 0 Å². The summed E-state index contributed by atoms with van der Waals surface area (Å²) in [5.41, 5.74) is 0. The average Bonchev–Trinajstić information content (AvgIpc) is 2.77. The number of rotatable bonds is 6. The first-order valence-corrected chi connectivity index (χ1v) is 5.63. The van der Waals surface area contributed by atoms with Gasteiger partial charge in [-0.25, -0.2) is 0 Å². The standard InChI is InChI=1S/C11H19NO5/c1-12(10(13)4-3-5-16-2)9-7-17-6-8(9)11(14)15/h8-9H,3-7H2,1-2H3,(H,14,15). The van der Waals surface area contributed by atoms with Gasteiger partial charge in [0.25, 0.3) is 0 Å². The predicted octanol–water partition coefficient (Wildman–Crippen LogP) is -0.0290. The van der Waals surface area contributed by atoms with Crippen molar-refractivity contribution in [3.05, 3.63) is 0 Å². The van der Waals surface area contributed by atoms with Gasteiger partial charge >= 0.3 is 5.97 Å². The third kappa shape index (κ3) is 3.67. The molecule has 6 heteroatoms. The van der Waals surface area contributed by atoms with E-state index in [0.29, 0.717) is 26.1 Å². The smallest absolute Gasteiger partial charge is 0.311 e. The number of hydrogen-bond donors (Lipinski definition) is 1. The van der Waals surface area contributed by atoms with Crippen LogP contribution in [0.4, 0.5) is 0 Å². The number of nitrogens with zero attached hydrogens (tertiary/aromatic N) is 1. The molecule has 1 fully saturated rings. The molecule has 98 valence electrons. The summed E-state index contributed by atoms with van der Waals surface area (Å²) in [4.78, 5) is 24.2. The Kier molecular flexibility index (Phi) is 5.37. The molecule has 0 aromatic heterocycles. The Morgan fingerprint density at radius 1 is 1.47 bits per heavy atom. The second-order valence-electron chi connectivity index (χ2n) is 4.15. The number of hydrogen-bond acceptors (Lipinski definition) is 4. The highest BCUT2D eigenvalue weighted by Crippen LogP contribution is 2.19. The van der Waals surface area contributed by atoms with E-state index < -0.39 is 11.9 Å². The monoisotopic (exact) mass is 245 g/mol. The van der Waals surface area contributed by atoms with Crippen LogP contribution in [0.5, 0.6) is 0 Å². The molecular formula is C11H19NO5. The van der Waals surface area contributed by atoms with E-state index in [9.17, 15) is 9.59 Å². The van der Waals surface area contributed by atoms with E-state index in [1.54, 1.807) is 14.2 Å². The van der Waals surface area contributed by atoms with Crippen LogP contribution in [0.1, 0.15) is 12.8 Å². The van der Waals surface area contributed by atoms with E-state index >= 15 is 0 Å². The lowest BCUT2D eigenvalue weighted by Crippen LogP contribution is -2.44. The van der Waals surface area contributed by atoms with Crippen molar-refractivity contribution >= 4 is 11.9 Å². The van der Waals surface area contributed by atoms with E-state index in [4.69, 9.17) is 14.6 Å². The summed E-state index contributed by atoms with van der Waals surface area (Å²) >= 11 is 0. The number of carboxylic acid groups (broad SMARTS) is 1. The molecular weight excluding hydrogens is 226 g/mol. The number of amides is 1. The van der Waals surface area contributed by atoms with Crippen LogP contribution in [0.3, 0.4) is 0 Å². The molecule has 1 heterocycles. The van der Waals surface area contributed by atoms with Crippen LogP contribution in [0.25, 0.3) is 0 Å². The summed E-state index contributed by atoms with van der Waals surface area (Å²) in [6.45, 7) is 1.00. The zero-order valence-electron chi connectivity index (χ0n) is 10.2. The molecule has 6 nitrogen and oxygen atoms in total. The molecule has 1 N–H and O–H groups in total. The molecule has 2 atom stereocenters. The Morgan fingerprint density at radius 3 is 2.76 bits per heavy atom. The van der Waals surface area contributed by atoms with E-state index in [1.165, 1.54) is 4.90 Å². The number of carbonyl (C=O) groups excluding carboxylic acids is 1. The molecule has 2 unspecified atom stereocenters. The second-order valence-corrected chi connectivity index (χ2v) is 4.15. The van der Waals surface area contributed by atoms with Crippen molar-refractivity contribution < 1.29 is 24.2 Å². The van der Waals surface area contributed by atoms with Gasteiger partial charge in [0.05, 0.1) is 19.3 Å². The topological polar surface area (TPSA) is 76.1 Å². The van der Waals surface area contributed by atoms with Gasteiger partial charge in [0.2, 0.25) is 5.91 Å². The lowest BCUT2D eigenvalue weighted by atomic mass is 10.0. The van der Waals surface area contributed by atoms with Crippen LogP contribution >= 0.6 is 0 Å². The maximum Gasteiger partial charge on any atom is 0.311 e.